The van der Waals surface area contributed by atoms with Gasteiger partial charge in [0, 0.05) is 6.54 Å². The maximum atomic E-state index is 13.5. The normalized spacial score (nSPS) is 15.8. The van der Waals surface area contributed by atoms with Crippen LogP contribution in [-0.4, -0.2) is 24.4 Å². The topological polar surface area (TPSA) is 32.3 Å². The second-order valence-corrected chi connectivity index (χ2v) is 7.22. The van der Waals surface area contributed by atoms with E-state index in [-0.39, 0.29) is 24.3 Å². The van der Waals surface area contributed by atoms with Crippen LogP contribution in [0.5, 0.6) is 0 Å². The van der Waals surface area contributed by atoms with Crippen molar-refractivity contribution in [3.05, 3.63) is 35.4 Å². The van der Waals surface area contributed by atoms with Gasteiger partial charge in [-0.3, -0.25) is 0 Å². The molecule has 0 aromatic heterocycles. The molecule has 150 valence electrons. The van der Waals surface area contributed by atoms with Gasteiger partial charge < -0.3 is 10.4 Å². The highest BCUT2D eigenvalue weighted by Gasteiger charge is 2.55. The summed E-state index contributed by atoms with van der Waals surface area (Å²) in [7, 11) is 0. The number of nitrogens with one attached hydrogen (secondary N) is 1. The standard InChI is InChI=1S/C18H25F6NO/c1-11(2)15(12(3)4)9-25-10-16(26,18(22,23)24)13-6-5-7-14(8-13)17(19,20)21/h5-8,11-12,15,25-26H,9-10H2,1-4H3. The lowest BCUT2D eigenvalue weighted by Crippen LogP contribution is -2.51. The lowest BCUT2D eigenvalue weighted by molar-refractivity contribution is -0.264. The van der Waals surface area contributed by atoms with Crippen LogP contribution in [0, 0.1) is 17.8 Å². The highest BCUT2D eigenvalue weighted by Crippen LogP contribution is 2.40. The van der Waals surface area contributed by atoms with Crippen LogP contribution >= 0.6 is 0 Å². The van der Waals surface area contributed by atoms with E-state index < -0.39 is 35.6 Å². The Morgan fingerprint density at radius 1 is 0.923 bits per heavy atom. The second kappa shape index (κ2) is 8.17. The zero-order chi connectivity index (χ0) is 20.3. The summed E-state index contributed by atoms with van der Waals surface area (Å²) in [5.74, 6) is 0.471. The van der Waals surface area contributed by atoms with Gasteiger partial charge in [0.05, 0.1) is 5.56 Å². The molecule has 0 heterocycles. The SMILES string of the molecule is CC(C)C(CNCC(O)(c1cccc(C(F)(F)F)c1)C(F)(F)F)C(C)C. The van der Waals surface area contributed by atoms with Gasteiger partial charge in [0.25, 0.3) is 0 Å². The minimum Gasteiger partial charge on any atom is -0.375 e. The molecule has 1 unspecified atom stereocenters. The average molecular weight is 385 g/mol. The molecule has 0 saturated heterocycles. The molecule has 0 saturated carbocycles. The molecule has 1 aromatic carbocycles. The van der Waals surface area contributed by atoms with E-state index in [2.05, 4.69) is 5.32 Å². The van der Waals surface area contributed by atoms with Crippen LogP contribution in [0.1, 0.15) is 38.8 Å². The number of hydrogen-bond donors (Lipinski definition) is 2. The molecule has 0 amide bonds. The molecular weight excluding hydrogens is 360 g/mol. The summed E-state index contributed by atoms with van der Waals surface area (Å²) in [4.78, 5) is 0. The average Bonchev–Trinajstić information content (AvgIpc) is 2.48. The van der Waals surface area contributed by atoms with Crippen LogP contribution in [0.3, 0.4) is 0 Å². The molecule has 0 aliphatic rings. The molecule has 1 aromatic rings. The van der Waals surface area contributed by atoms with E-state index >= 15 is 0 Å². The molecule has 0 aliphatic carbocycles. The van der Waals surface area contributed by atoms with Crippen molar-refractivity contribution in [2.75, 3.05) is 13.1 Å². The van der Waals surface area contributed by atoms with Crippen LogP contribution in [0.4, 0.5) is 26.3 Å². The van der Waals surface area contributed by atoms with Gasteiger partial charge in [-0.2, -0.15) is 26.3 Å². The Hall–Kier alpha value is -1.28. The quantitative estimate of drug-likeness (QED) is 0.650. The van der Waals surface area contributed by atoms with Crippen LogP contribution in [0.25, 0.3) is 0 Å². The smallest absolute Gasteiger partial charge is 0.375 e. The van der Waals surface area contributed by atoms with Gasteiger partial charge in [-0.05, 0) is 42.0 Å². The van der Waals surface area contributed by atoms with Crippen molar-refractivity contribution < 1.29 is 31.4 Å². The molecule has 0 radical (unpaired) electrons. The Balaban J connectivity index is 3.10. The zero-order valence-corrected chi connectivity index (χ0v) is 15.2. The third-order valence-electron chi connectivity index (χ3n) is 4.61. The lowest BCUT2D eigenvalue weighted by atomic mass is 9.85. The van der Waals surface area contributed by atoms with E-state index in [1.54, 1.807) is 0 Å². The van der Waals surface area contributed by atoms with Gasteiger partial charge in [0.1, 0.15) is 0 Å². The molecule has 0 spiro atoms. The van der Waals surface area contributed by atoms with Gasteiger partial charge in [-0.25, -0.2) is 0 Å². The first-order chi connectivity index (χ1) is 11.7. The van der Waals surface area contributed by atoms with Crippen molar-refractivity contribution in [1.29, 1.82) is 0 Å². The van der Waals surface area contributed by atoms with Crippen molar-refractivity contribution >= 4 is 0 Å². The third kappa shape index (κ3) is 5.36. The molecule has 0 aliphatic heterocycles. The molecular formula is C18H25F6NO. The number of rotatable bonds is 7. The molecule has 1 atom stereocenters. The summed E-state index contributed by atoms with van der Waals surface area (Å²) in [6.07, 6.45) is -9.92. The third-order valence-corrected chi connectivity index (χ3v) is 4.61. The van der Waals surface area contributed by atoms with Gasteiger partial charge in [-0.15, -0.1) is 0 Å². The first-order valence-electron chi connectivity index (χ1n) is 8.37. The van der Waals surface area contributed by atoms with E-state index in [0.717, 1.165) is 12.1 Å². The molecule has 2 nitrogen and oxygen atoms in total. The number of hydrogen-bond acceptors (Lipinski definition) is 2. The largest absolute Gasteiger partial charge is 0.422 e. The van der Waals surface area contributed by atoms with Crippen molar-refractivity contribution in [3.63, 3.8) is 0 Å². The highest BCUT2D eigenvalue weighted by molar-refractivity contribution is 5.31. The highest BCUT2D eigenvalue weighted by atomic mass is 19.4. The number of alkyl halides is 6. The zero-order valence-electron chi connectivity index (χ0n) is 15.2. The Morgan fingerprint density at radius 2 is 1.42 bits per heavy atom. The molecule has 26 heavy (non-hydrogen) atoms. The summed E-state index contributed by atoms with van der Waals surface area (Å²) in [6.45, 7) is 7.05. The molecule has 0 fully saturated rings. The fraction of sp³-hybridized carbons (Fsp3) is 0.667. The van der Waals surface area contributed by atoms with Gasteiger partial charge in [0.2, 0.25) is 0 Å². The molecule has 2 N–H and O–H groups in total. The van der Waals surface area contributed by atoms with Crippen LogP contribution in [0.2, 0.25) is 0 Å². The van der Waals surface area contributed by atoms with Crippen molar-refractivity contribution in [3.8, 4) is 0 Å². The van der Waals surface area contributed by atoms with E-state index in [9.17, 15) is 31.4 Å². The summed E-state index contributed by atoms with van der Waals surface area (Å²) >= 11 is 0. The summed E-state index contributed by atoms with van der Waals surface area (Å²) in [5, 5.41) is 12.8. The van der Waals surface area contributed by atoms with Crippen molar-refractivity contribution in [2.24, 2.45) is 17.8 Å². The Kier molecular flexibility index (Phi) is 7.15. The van der Waals surface area contributed by atoms with E-state index in [1.165, 1.54) is 0 Å². The van der Waals surface area contributed by atoms with E-state index in [4.69, 9.17) is 0 Å². The van der Waals surface area contributed by atoms with Gasteiger partial charge in [-0.1, -0.05) is 39.8 Å². The number of aliphatic hydroxyl groups is 1. The predicted octanol–water partition coefficient (Wildman–Crippen LogP) is 4.97. The van der Waals surface area contributed by atoms with Crippen LogP contribution in [0.15, 0.2) is 24.3 Å². The van der Waals surface area contributed by atoms with Crippen LogP contribution in [-0.2, 0) is 11.8 Å². The summed E-state index contributed by atoms with van der Waals surface area (Å²) in [5.41, 5.74) is -5.48. The summed E-state index contributed by atoms with van der Waals surface area (Å²) in [6, 6.07) is 2.73. The monoisotopic (exact) mass is 385 g/mol. The Labute approximate surface area is 149 Å². The predicted molar refractivity (Wildman–Crippen MR) is 87.4 cm³/mol. The Bertz CT molecular complexity index is 574. The first-order valence-corrected chi connectivity index (χ1v) is 8.37. The molecule has 1 rings (SSSR count). The molecule has 8 heteroatoms. The van der Waals surface area contributed by atoms with Crippen molar-refractivity contribution in [1.82, 2.24) is 5.32 Å². The minimum absolute atomic E-state index is 0.0639. The number of benzene rings is 1. The van der Waals surface area contributed by atoms with E-state index in [1.807, 2.05) is 27.7 Å². The van der Waals surface area contributed by atoms with Crippen molar-refractivity contribution in [2.45, 2.75) is 45.6 Å². The fourth-order valence-electron chi connectivity index (χ4n) is 2.98. The maximum Gasteiger partial charge on any atom is 0.422 e. The molecule has 0 bridgehead atoms. The maximum absolute atomic E-state index is 13.5. The second-order valence-electron chi connectivity index (χ2n) is 7.22. The van der Waals surface area contributed by atoms with E-state index in [0.29, 0.717) is 12.1 Å². The van der Waals surface area contributed by atoms with Crippen LogP contribution < -0.4 is 5.32 Å². The number of halogens is 6. The van der Waals surface area contributed by atoms with Gasteiger partial charge in [0.15, 0.2) is 5.60 Å². The van der Waals surface area contributed by atoms with Gasteiger partial charge >= 0.3 is 12.4 Å². The first kappa shape index (κ1) is 22.8. The Morgan fingerprint density at radius 3 is 1.85 bits per heavy atom. The fourth-order valence-corrected chi connectivity index (χ4v) is 2.98. The summed E-state index contributed by atoms with van der Waals surface area (Å²) < 4.78 is 78.9. The minimum atomic E-state index is -5.13. The lowest BCUT2D eigenvalue weighted by Gasteiger charge is -2.33.